The van der Waals surface area contributed by atoms with Gasteiger partial charge in [-0.1, -0.05) is 27.7 Å². The van der Waals surface area contributed by atoms with Crippen molar-refractivity contribution in [3.05, 3.63) is 29.3 Å². The van der Waals surface area contributed by atoms with Crippen LogP contribution in [-0.4, -0.2) is 32.8 Å². The van der Waals surface area contributed by atoms with E-state index in [2.05, 4.69) is 40.8 Å². The van der Waals surface area contributed by atoms with Gasteiger partial charge in [-0.2, -0.15) is 0 Å². The molecule has 0 radical (unpaired) electrons. The van der Waals surface area contributed by atoms with Crippen molar-refractivity contribution in [3.63, 3.8) is 0 Å². The van der Waals surface area contributed by atoms with Gasteiger partial charge in [0.2, 0.25) is 11.8 Å². The van der Waals surface area contributed by atoms with Crippen molar-refractivity contribution in [2.24, 2.45) is 17.4 Å². The van der Waals surface area contributed by atoms with Crippen molar-refractivity contribution in [2.75, 3.05) is 11.5 Å². The molecule has 0 unspecified atom stereocenters. The highest BCUT2D eigenvalue weighted by molar-refractivity contribution is 6.74. The third-order valence-electron chi connectivity index (χ3n) is 6.93. The lowest BCUT2D eigenvalue weighted by Crippen LogP contribution is -2.51. The Kier molecular flexibility index (Phi) is 7.53. The smallest absolute Gasteiger partial charge is 0.248 e. The number of nitrogens with zero attached hydrogens (tertiary/aromatic N) is 1. The van der Waals surface area contributed by atoms with Gasteiger partial charge in [0.1, 0.15) is 0 Å². The van der Waals surface area contributed by atoms with E-state index in [1.165, 1.54) is 0 Å². The van der Waals surface area contributed by atoms with E-state index < -0.39 is 14.2 Å². The summed E-state index contributed by atoms with van der Waals surface area (Å²) in [6, 6.07) is 4.99. The minimum atomic E-state index is -1.79. The summed E-state index contributed by atoms with van der Waals surface area (Å²) in [7, 11) is -1.79. The number of rotatable bonds is 7. The van der Waals surface area contributed by atoms with Crippen LogP contribution in [0.15, 0.2) is 18.2 Å². The van der Waals surface area contributed by atoms with Crippen LogP contribution in [0, 0.1) is 5.92 Å². The molecule has 30 heavy (non-hydrogen) atoms. The molecule has 0 aromatic heterocycles. The van der Waals surface area contributed by atoms with E-state index in [-0.39, 0.29) is 28.9 Å². The highest BCUT2D eigenvalue weighted by Gasteiger charge is 2.41. The molecule has 168 valence electrons. The molecule has 0 spiro atoms. The average molecular weight is 434 g/mol. The molecule has 0 bridgehead atoms. The maximum atomic E-state index is 12.5. The molecule has 0 fully saturated rings. The van der Waals surface area contributed by atoms with Crippen molar-refractivity contribution >= 4 is 25.8 Å². The number of anilines is 1. The molecular formula is C23H39N3O3Si. The zero-order valence-electron chi connectivity index (χ0n) is 19.6. The lowest BCUT2D eigenvalue weighted by Gasteiger charge is -2.45. The van der Waals surface area contributed by atoms with Crippen LogP contribution in [0.5, 0.6) is 0 Å². The number of amides is 2. The molecule has 3 atom stereocenters. The van der Waals surface area contributed by atoms with Crippen LogP contribution in [0.4, 0.5) is 5.69 Å². The second-order valence-corrected chi connectivity index (χ2v) is 14.8. The Balaban J connectivity index is 2.25. The van der Waals surface area contributed by atoms with E-state index in [1.54, 1.807) is 25.1 Å². The molecular weight excluding hydrogens is 394 g/mol. The van der Waals surface area contributed by atoms with Gasteiger partial charge >= 0.3 is 0 Å². The lowest BCUT2D eigenvalue weighted by atomic mass is 9.77. The first-order valence-corrected chi connectivity index (χ1v) is 13.9. The second-order valence-electron chi connectivity index (χ2n) is 9.94. The summed E-state index contributed by atoms with van der Waals surface area (Å²) in [6.07, 6.45) is 2.56. The number of benzene rings is 1. The molecule has 1 aliphatic rings. The van der Waals surface area contributed by atoms with Gasteiger partial charge in [-0.25, -0.2) is 0 Å². The normalized spacial score (nSPS) is 22.0. The Morgan fingerprint density at radius 1 is 1.23 bits per heavy atom. The van der Waals surface area contributed by atoms with Crippen molar-refractivity contribution in [1.29, 1.82) is 0 Å². The zero-order valence-corrected chi connectivity index (χ0v) is 20.6. The number of hydrogen-bond acceptors (Lipinski definition) is 4. The van der Waals surface area contributed by atoms with Crippen LogP contribution < -0.4 is 16.4 Å². The molecule has 2 amide bonds. The lowest BCUT2D eigenvalue weighted by molar-refractivity contribution is -0.117. The highest BCUT2D eigenvalue weighted by atomic mass is 28.4. The minimum absolute atomic E-state index is 0.00986. The Hall–Kier alpha value is -1.70. The fraction of sp³-hybridized carbons (Fsp3) is 0.652. The summed E-state index contributed by atoms with van der Waals surface area (Å²) < 4.78 is 6.34. The first-order valence-electron chi connectivity index (χ1n) is 10.9. The fourth-order valence-corrected chi connectivity index (χ4v) is 5.25. The van der Waals surface area contributed by atoms with Crippen molar-refractivity contribution in [1.82, 2.24) is 0 Å². The number of hydrogen-bond donors (Lipinski definition) is 2. The van der Waals surface area contributed by atoms with Crippen LogP contribution in [-0.2, 0) is 9.22 Å². The van der Waals surface area contributed by atoms with Crippen molar-refractivity contribution in [3.8, 4) is 0 Å². The van der Waals surface area contributed by atoms with Crippen LogP contribution in [0.25, 0.3) is 0 Å². The topological polar surface area (TPSA) is 98.7 Å². The quantitative estimate of drug-likeness (QED) is 0.493. The summed E-state index contributed by atoms with van der Waals surface area (Å²) in [5.74, 6) is -0.404. The zero-order chi connectivity index (χ0) is 22.9. The monoisotopic (exact) mass is 433 g/mol. The molecule has 4 N–H and O–H groups in total. The van der Waals surface area contributed by atoms with E-state index >= 15 is 0 Å². The van der Waals surface area contributed by atoms with Crippen molar-refractivity contribution in [2.45, 2.75) is 84.1 Å². The van der Waals surface area contributed by atoms with Gasteiger partial charge in [0.05, 0.1) is 0 Å². The molecule has 0 saturated heterocycles. The molecule has 7 heteroatoms. The molecule has 6 nitrogen and oxygen atoms in total. The van der Waals surface area contributed by atoms with Crippen LogP contribution in [0.3, 0.4) is 0 Å². The Morgan fingerprint density at radius 2 is 1.87 bits per heavy atom. The molecule has 1 aliphatic heterocycles. The number of carbonyl (C=O) groups is 2. The third-order valence-corrected chi connectivity index (χ3v) is 11.5. The van der Waals surface area contributed by atoms with E-state index in [4.69, 9.17) is 15.9 Å². The van der Waals surface area contributed by atoms with Crippen molar-refractivity contribution < 1.29 is 14.0 Å². The van der Waals surface area contributed by atoms with Gasteiger partial charge in [-0.05, 0) is 67.1 Å². The predicted molar refractivity (Wildman–Crippen MR) is 125 cm³/mol. The Bertz CT molecular complexity index is 788. The molecule has 1 aromatic carbocycles. The summed E-state index contributed by atoms with van der Waals surface area (Å²) in [5.41, 5.74) is 14.2. The van der Waals surface area contributed by atoms with E-state index in [0.717, 1.165) is 30.5 Å². The van der Waals surface area contributed by atoms with Crippen LogP contribution >= 0.6 is 0 Å². The largest absolute Gasteiger partial charge is 0.417 e. The maximum absolute atomic E-state index is 12.5. The van der Waals surface area contributed by atoms with E-state index in [9.17, 15) is 9.59 Å². The standard InChI is InChI=1S/C23H39N3O3Si/c1-8-19-17(10-9-13-29-30(6,7)23(3,4)5)21(24)18-14-16(22(25)28)11-12-20(18)26(19)15(2)27/h11-12,14,17,19,21H,8-10,13,24H2,1-7H3,(H2,25,28)/t17-,19-,21+/m0/s1. The molecule has 0 saturated carbocycles. The van der Waals surface area contributed by atoms with Gasteiger partial charge in [-0.3, -0.25) is 9.59 Å². The summed E-state index contributed by atoms with van der Waals surface area (Å²) in [6.45, 7) is 15.6. The highest BCUT2D eigenvalue weighted by Crippen LogP contribution is 2.43. The van der Waals surface area contributed by atoms with Crippen LogP contribution in [0.2, 0.25) is 18.1 Å². The summed E-state index contributed by atoms with van der Waals surface area (Å²) in [5, 5.41) is 0.176. The predicted octanol–water partition coefficient (Wildman–Crippen LogP) is 4.35. The first-order chi connectivity index (χ1) is 13.8. The van der Waals surface area contributed by atoms with Gasteiger partial charge in [0.15, 0.2) is 8.32 Å². The SMILES string of the molecule is CC[C@H]1[C@H](CCCO[Si](C)(C)C(C)(C)C)[C@@H](N)c2cc(C(N)=O)ccc2N1C(C)=O. The van der Waals surface area contributed by atoms with Gasteiger partial charge in [0.25, 0.3) is 0 Å². The Labute approximate surface area is 182 Å². The molecule has 1 aromatic rings. The summed E-state index contributed by atoms with van der Waals surface area (Å²) >= 11 is 0. The Morgan fingerprint density at radius 3 is 2.37 bits per heavy atom. The number of carbonyl (C=O) groups excluding carboxylic acids is 2. The van der Waals surface area contributed by atoms with Gasteiger partial charge in [0, 0.05) is 36.9 Å². The minimum Gasteiger partial charge on any atom is -0.417 e. The summed E-state index contributed by atoms with van der Waals surface area (Å²) in [4.78, 5) is 26.1. The first kappa shape index (κ1) is 24.6. The van der Waals surface area contributed by atoms with E-state index in [1.807, 2.05) is 4.90 Å². The van der Waals surface area contributed by atoms with E-state index in [0.29, 0.717) is 12.2 Å². The molecule has 2 rings (SSSR count). The number of primary amides is 1. The van der Waals surface area contributed by atoms with Gasteiger partial charge < -0.3 is 20.8 Å². The third kappa shape index (κ3) is 4.95. The maximum Gasteiger partial charge on any atom is 0.248 e. The number of nitrogens with two attached hydrogens (primary N) is 2. The second kappa shape index (κ2) is 9.20. The van der Waals surface area contributed by atoms with Crippen LogP contribution in [0.1, 0.15) is 75.8 Å². The number of fused-ring (bicyclic) bond motifs is 1. The molecule has 1 heterocycles. The molecule has 0 aliphatic carbocycles. The fourth-order valence-electron chi connectivity index (χ4n) is 4.16. The average Bonchev–Trinajstić information content (AvgIpc) is 2.64. The van der Waals surface area contributed by atoms with Gasteiger partial charge in [-0.15, -0.1) is 0 Å².